The summed E-state index contributed by atoms with van der Waals surface area (Å²) in [5.74, 6) is 0.371. The van der Waals surface area contributed by atoms with Gasteiger partial charge in [0.05, 0.1) is 23.2 Å². The van der Waals surface area contributed by atoms with Crippen LogP contribution in [0.1, 0.15) is 42.5 Å². The molecule has 4 nitrogen and oxygen atoms in total. The summed E-state index contributed by atoms with van der Waals surface area (Å²) in [5.41, 5.74) is 5.84. The molecule has 0 spiro atoms. The highest BCUT2D eigenvalue weighted by atomic mass is 32.1. The Bertz CT molecular complexity index is 510. The van der Waals surface area contributed by atoms with Crippen molar-refractivity contribution in [3.05, 3.63) is 29.8 Å². The molecule has 1 aromatic rings. The van der Waals surface area contributed by atoms with Crippen LogP contribution in [0.15, 0.2) is 24.3 Å². The molecule has 0 atom stereocenters. The van der Waals surface area contributed by atoms with Crippen LogP contribution in [-0.4, -0.2) is 23.5 Å². The van der Waals surface area contributed by atoms with Crippen molar-refractivity contribution < 1.29 is 9.53 Å². The number of ether oxygens (including phenoxy) is 1. The maximum Gasteiger partial charge on any atom is 0.255 e. The van der Waals surface area contributed by atoms with Gasteiger partial charge in [0.1, 0.15) is 5.75 Å². The van der Waals surface area contributed by atoms with E-state index in [1.807, 2.05) is 12.1 Å². The van der Waals surface area contributed by atoms with Gasteiger partial charge in [-0.2, -0.15) is 0 Å². The normalized spacial score (nSPS) is 17.2. The van der Waals surface area contributed by atoms with Gasteiger partial charge in [-0.3, -0.25) is 4.79 Å². The standard InChI is InChI=1S/C15H20N2O2S/c1-19-12-8-4-3-7-11(12)13(18)17-15(14(16)20)9-5-2-6-10-15/h3-4,7-8H,2,5-6,9-10H2,1H3,(H2,16,20)(H,17,18). The van der Waals surface area contributed by atoms with E-state index in [0.29, 0.717) is 16.3 Å². The first kappa shape index (κ1) is 14.8. The smallest absolute Gasteiger partial charge is 0.255 e. The van der Waals surface area contributed by atoms with Gasteiger partial charge in [-0.05, 0) is 25.0 Å². The largest absolute Gasteiger partial charge is 0.496 e. The predicted octanol–water partition coefficient (Wildman–Crippen LogP) is 2.41. The molecule has 0 aliphatic heterocycles. The Morgan fingerprint density at radius 2 is 1.95 bits per heavy atom. The number of hydrogen-bond acceptors (Lipinski definition) is 3. The third-order valence-electron chi connectivity index (χ3n) is 3.88. The van der Waals surface area contributed by atoms with Crippen molar-refractivity contribution in [2.24, 2.45) is 5.73 Å². The van der Waals surface area contributed by atoms with E-state index in [-0.39, 0.29) is 5.91 Å². The molecule has 1 amide bonds. The van der Waals surface area contributed by atoms with Crippen LogP contribution in [-0.2, 0) is 0 Å². The minimum atomic E-state index is -0.550. The van der Waals surface area contributed by atoms with Crippen LogP contribution in [0.5, 0.6) is 5.75 Å². The molecule has 1 aliphatic rings. The van der Waals surface area contributed by atoms with E-state index in [4.69, 9.17) is 22.7 Å². The van der Waals surface area contributed by atoms with E-state index in [1.54, 1.807) is 19.2 Å². The molecular formula is C15H20N2O2S. The Labute approximate surface area is 124 Å². The lowest BCUT2D eigenvalue weighted by Crippen LogP contribution is -2.57. The van der Waals surface area contributed by atoms with Gasteiger partial charge in [-0.15, -0.1) is 0 Å². The number of hydrogen-bond donors (Lipinski definition) is 2. The molecule has 1 aromatic carbocycles. The SMILES string of the molecule is COc1ccccc1C(=O)NC1(C(N)=S)CCCCC1. The van der Waals surface area contributed by atoms with Crippen molar-refractivity contribution in [1.29, 1.82) is 0 Å². The number of nitrogens with one attached hydrogen (secondary N) is 1. The molecule has 0 bridgehead atoms. The van der Waals surface area contributed by atoms with E-state index in [2.05, 4.69) is 5.32 Å². The second-order valence-electron chi connectivity index (χ2n) is 5.16. The second-order valence-corrected chi connectivity index (χ2v) is 5.60. The minimum absolute atomic E-state index is 0.183. The van der Waals surface area contributed by atoms with Crippen LogP contribution in [0.25, 0.3) is 0 Å². The summed E-state index contributed by atoms with van der Waals surface area (Å²) in [6.45, 7) is 0. The lowest BCUT2D eigenvalue weighted by molar-refractivity contribution is 0.0905. The molecule has 20 heavy (non-hydrogen) atoms. The van der Waals surface area contributed by atoms with Gasteiger partial charge in [-0.25, -0.2) is 0 Å². The first-order valence-corrected chi connectivity index (χ1v) is 7.25. The first-order chi connectivity index (χ1) is 9.59. The molecule has 108 valence electrons. The number of thiocarbonyl (C=S) groups is 1. The number of carbonyl (C=O) groups excluding carboxylic acids is 1. The molecule has 3 N–H and O–H groups in total. The van der Waals surface area contributed by atoms with Gasteiger partial charge in [0, 0.05) is 0 Å². The fourth-order valence-corrected chi connectivity index (χ4v) is 2.96. The number of nitrogens with two attached hydrogens (primary N) is 1. The van der Waals surface area contributed by atoms with E-state index in [9.17, 15) is 4.79 Å². The molecule has 2 rings (SSSR count). The van der Waals surface area contributed by atoms with Gasteiger partial charge in [0.15, 0.2) is 0 Å². The van der Waals surface area contributed by atoms with E-state index in [1.165, 1.54) is 0 Å². The Balaban J connectivity index is 2.22. The van der Waals surface area contributed by atoms with Gasteiger partial charge < -0.3 is 15.8 Å². The fourth-order valence-electron chi connectivity index (χ4n) is 2.71. The zero-order valence-corrected chi connectivity index (χ0v) is 12.5. The van der Waals surface area contributed by atoms with Crippen LogP contribution in [0, 0.1) is 0 Å². The molecule has 0 radical (unpaired) electrons. The quantitative estimate of drug-likeness (QED) is 0.837. The molecule has 1 aliphatic carbocycles. The number of benzene rings is 1. The van der Waals surface area contributed by atoms with Crippen LogP contribution in [0.4, 0.5) is 0 Å². The number of methoxy groups -OCH3 is 1. The Morgan fingerprint density at radius 1 is 1.30 bits per heavy atom. The van der Waals surface area contributed by atoms with Crippen LogP contribution >= 0.6 is 12.2 Å². The molecule has 5 heteroatoms. The summed E-state index contributed by atoms with van der Waals surface area (Å²) in [5, 5.41) is 3.04. The zero-order valence-electron chi connectivity index (χ0n) is 11.6. The molecule has 0 saturated heterocycles. The highest BCUT2D eigenvalue weighted by Crippen LogP contribution is 2.29. The topological polar surface area (TPSA) is 64.3 Å². The summed E-state index contributed by atoms with van der Waals surface area (Å²) >= 11 is 5.19. The van der Waals surface area contributed by atoms with Crippen molar-refractivity contribution in [2.45, 2.75) is 37.6 Å². The molecule has 0 unspecified atom stereocenters. The summed E-state index contributed by atoms with van der Waals surface area (Å²) in [7, 11) is 1.55. The third-order valence-corrected chi connectivity index (χ3v) is 4.27. The van der Waals surface area contributed by atoms with Crippen molar-refractivity contribution in [3.8, 4) is 5.75 Å². The monoisotopic (exact) mass is 292 g/mol. The molecular weight excluding hydrogens is 272 g/mol. The molecule has 1 saturated carbocycles. The van der Waals surface area contributed by atoms with Crippen LogP contribution in [0.3, 0.4) is 0 Å². The van der Waals surface area contributed by atoms with Crippen molar-refractivity contribution in [2.75, 3.05) is 7.11 Å². The first-order valence-electron chi connectivity index (χ1n) is 6.84. The second kappa shape index (κ2) is 6.22. The van der Waals surface area contributed by atoms with E-state index >= 15 is 0 Å². The number of rotatable bonds is 4. The maximum atomic E-state index is 12.5. The van der Waals surface area contributed by atoms with Crippen molar-refractivity contribution in [3.63, 3.8) is 0 Å². The lowest BCUT2D eigenvalue weighted by Gasteiger charge is -2.37. The van der Waals surface area contributed by atoms with Gasteiger partial charge in [-0.1, -0.05) is 43.6 Å². The number of carbonyl (C=O) groups is 1. The van der Waals surface area contributed by atoms with Gasteiger partial charge in [0.2, 0.25) is 0 Å². The summed E-state index contributed by atoms with van der Waals surface area (Å²) < 4.78 is 5.22. The lowest BCUT2D eigenvalue weighted by atomic mass is 9.81. The highest BCUT2D eigenvalue weighted by molar-refractivity contribution is 7.80. The average Bonchev–Trinajstić information content (AvgIpc) is 2.48. The highest BCUT2D eigenvalue weighted by Gasteiger charge is 2.37. The van der Waals surface area contributed by atoms with Crippen LogP contribution in [0.2, 0.25) is 0 Å². The van der Waals surface area contributed by atoms with E-state index in [0.717, 1.165) is 32.1 Å². The van der Waals surface area contributed by atoms with Crippen molar-refractivity contribution in [1.82, 2.24) is 5.32 Å². The van der Waals surface area contributed by atoms with Gasteiger partial charge in [0.25, 0.3) is 5.91 Å². The molecule has 0 heterocycles. The molecule has 0 aromatic heterocycles. The molecule has 1 fully saturated rings. The summed E-state index contributed by atoms with van der Waals surface area (Å²) in [6.07, 6.45) is 4.84. The Hall–Kier alpha value is -1.62. The number of para-hydroxylation sites is 1. The third kappa shape index (κ3) is 2.93. The average molecular weight is 292 g/mol. The summed E-state index contributed by atoms with van der Waals surface area (Å²) in [6, 6.07) is 7.15. The zero-order chi connectivity index (χ0) is 14.6. The van der Waals surface area contributed by atoms with Crippen molar-refractivity contribution >= 4 is 23.1 Å². The predicted molar refractivity (Wildman–Crippen MR) is 83.1 cm³/mol. The Morgan fingerprint density at radius 3 is 2.55 bits per heavy atom. The Kier molecular flexibility index (Phi) is 4.60. The maximum absolute atomic E-state index is 12.5. The fraction of sp³-hybridized carbons (Fsp3) is 0.467. The minimum Gasteiger partial charge on any atom is -0.496 e. The van der Waals surface area contributed by atoms with Gasteiger partial charge >= 0.3 is 0 Å². The van der Waals surface area contributed by atoms with E-state index < -0.39 is 5.54 Å². The number of amides is 1. The summed E-state index contributed by atoms with van der Waals surface area (Å²) in [4.78, 5) is 12.9. The van der Waals surface area contributed by atoms with Crippen LogP contribution < -0.4 is 15.8 Å².